The highest BCUT2D eigenvalue weighted by molar-refractivity contribution is 5.74. The Morgan fingerprint density at radius 1 is 1.27 bits per heavy atom. The van der Waals surface area contributed by atoms with Gasteiger partial charge in [-0.1, -0.05) is 13.8 Å². The van der Waals surface area contributed by atoms with Crippen LogP contribution >= 0.6 is 0 Å². The van der Waals surface area contributed by atoms with Gasteiger partial charge in [-0.15, -0.1) is 0 Å². The summed E-state index contributed by atoms with van der Waals surface area (Å²) in [6.07, 6.45) is 6.47. The molecule has 7 nitrogen and oxygen atoms in total. The van der Waals surface area contributed by atoms with E-state index < -0.39 is 5.97 Å². The van der Waals surface area contributed by atoms with Crippen molar-refractivity contribution in [3.05, 3.63) is 0 Å². The van der Waals surface area contributed by atoms with Crippen molar-refractivity contribution in [2.75, 3.05) is 39.3 Å². The molecule has 2 aliphatic rings. The lowest BCUT2D eigenvalue weighted by molar-refractivity contribution is -0.139. The molecule has 1 saturated heterocycles. The van der Waals surface area contributed by atoms with Crippen LogP contribution in [0.25, 0.3) is 0 Å². The van der Waals surface area contributed by atoms with Crippen LogP contribution in [0, 0.1) is 5.92 Å². The van der Waals surface area contributed by atoms with Crippen LogP contribution in [-0.4, -0.2) is 78.3 Å². The Hall–Kier alpha value is -1.34. The SMILES string of the molecule is CCN(CC(=O)O)C1CC(NC(=O)NCCCCN2CCCC(C)C2)C1. The van der Waals surface area contributed by atoms with E-state index in [1.165, 1.54) is 25.9 Å². The molecule has 0 spiro atoms. The standard InChI is InChI=1S/C19H36N4O3/c1-3-23(14-18(24)25)17-11-16(12-17)21-19(26)20-8-4-5-9-22-10-6-7-15(2)13-22/h15-17H,3-14H2,1-2H3,(H,24,25)(H2,20,21,26). The summed E-state index contributed by atoms with van der Waals surface area (Å²) in [5.41, 5.74) is 0. The molecule has 1 saturated carbocycles. The highest BCUT2D eigenvalue weighted by Crippen LogP contribution is 2.25. The number of urea groups is 1. The second kappa shape index (κ2) is 10.7. The monoisotopic (exact) mass is 368 g/mol. The van der Waals surface area contributed by atoms with Crippen LogP contribution in [0.5, 0.6) is 0 Å². The number of hydrogen-bond donors (Lipinski definition) is 3. The fourth-order valence-corrected chi connectivity index (χ4v) is 4.07. The second-order valence-electron chi connectivity index (χ2n) is 7.93. The molecule has 0 bridgehead atoms. The van der Waals surface area contributed by atoms with E-state index in [0.29, 0.717) is 6.54 Å². The van der Waals surface area contributed by atoms with Crippen LogP contribution in [0.2, 0.25) is 0 Å². The van der Waals surface area contributed by atoms with Crippen LogP contribution in [0.1, 0.15) is 52.4 Å². The molecule has 26 heavy (non-hydrogen) atoms. The van der Waals surface area contributed by atoms with E-state index in [1.807, 2.05) is 11.8 Å². The molecule has 1 aliphatic carbocycles. The number of hydrogen-bond acceptors (Lipinski definition) is 4. The number of likely N-dealkylation sites (N-methyl/N-ethyl adjacent to an activating group) is 1. The summed E-state index contributed by atoms with van der Waals surface area (Å²) in [7, 11) is 0. The number of nitrogens with one attached hydrogen (secondary N) is 2. The summed E-state index contributed by atoms with van der Waals surface area (Å²) in [4.78, 5) is 27.3. The van der Waals surface area contributed by atoms with Gasteiger partial charge in [0.1, 0.15) is 0 Å². The summed E-state index contributed by atoms with van der Waals surface area (Å²) >= 11 is 0. The highest BCUT2D eigenvalue weighted by Gasteiger charge is 2.34. The molecule has 1 atom stereocenters. The van der Waals surface area contributed by atoms with E-state index in [0.717, 1.165) is 44.7 Å². The molecule has 1 aliphatic heterocycles. The molecule has 3 N–H and O–H groups in total. The lowest BCUT2D eigenvalue weighted by atomic mass is 9.85. The zero-order chi connectivity index (χ0) is 18.9. The first-order valence-electron chi connectivity index (χ1n) is 10.2. The van der Waals surface area contributed by atoms with Crippen molar-refractivity contribution in [2.45, 2.75) is 64.5 Å². The number of unbranched alkanes of at least 4 members (excludes halogenated alkanes) is 1. The van der Waals surface area contributed by atoms with Crippen molar-refractivity contribution in [2.24, 2.45) is 5.92 Å². The van der Waals surface area contributed by atoms with E-state index in [-0.39, 0.29) is 24.7 Å². The normalized spacial score (nSPS) is 26.3. The second-order valence-corrected chi connectivity index (χ2v) is 7.93. The lowest BCUT2D eigenvalue weighted by Gasteiger charge is -2.42. The Bertz CT molecular complexity index is 454. The lowest BCUT2D eigenvalue weighted by Crippen LogP contribution is -2.56. The molecule has 2 fully saturated rings. The van der Waals surface area contributed by atoms with E-state index >= 15 is 0 Å². The van der Waals surface area contributed by atoms with Gasteiger partial charge in [0.15, 0.2) is 0 Å². The van der Waals surface area contributed by atoms with Crippen molar-refractivity contribution < 1.29 is 14.7 Å². The number of amides is 2. The fraction of sp³-hybridized carbons (Fsp3) is 0.895. The topological polar surface area (TPSA) is 84.9 Å². The Kier molecular flexibility index (Phi) is 8.65. The van der Waals surface area contributed by atoms with Gasteiger partial charge in [-0.25, -0.2) is 4.79 Å². The molecular weight excluding hydrogens is 332 g/mol. The van der Waals surface area contributed by atoms with Gasteiger partial charge in [-0.05, 0) is 64.1 Å². The van der Waals surface area contributed by atoms with Crippen molar-refractivity contribution in [1.29, 1.82) is 0 Å². The van der Waals surface area contributed by atoms with Crippen molar-refractivity contribution in [3.8, 4) is 0 Å². The third-order valence-corrected chi connectivity index (χ3v) is 5.64. The maximum absolute atomic E-state index is 11.9. The number of nitrogens with zero attached hydrogens (tertiary/aromatic N) is 2. The van der Waals surface area contributed by atoms with Crippen LogP contribution in [0.3, 0.4) is 0 Å². The minimum absolute atomic E-state index is 0.0792. The van der Waals surface area contributed by atoms with Crippen LogP contribution < -0.4 is 10.6 Å². The Morgan fingerprint density at radius 2 is 2.04 bits per heavy atom. The van der Waals surface area contributed by atoms with Crippen molar-refractivity contribution in [1.82, 2.24) is 20.4 Å². The van der Waals surface area contributed by atoms with E-state index in [2.05, 4.69) is 22.5 Å². The zero-order valence-corrected chi connectivity index (χ0v) is 16.4. The van der Waals surface area contributed by atoms with Gasteiger partial charge in [0.05, 0.1) is 6.54 Å². The maximum atomic E-state index is 11.9. The van der Waals surface area contributed by atoms with Crippen molar-refractivity contribution >= 4 is 12.0 Å². The van der Waals surface area contributed by atoms with Gasteiger partial charge in [-0.3, -0.25) is 9.69 Å². The summed E-state index contributed by atoms with van der Waals surface area (Å²) in [5.74, 6) is 0.0260. The summed E-state index contributed by atoms with van der Waals surface area (Å²) in [6, 6.07) is 0.340. The van der Waals surface area contributed by atoms with Gasteiger partial charge >= 0.3 is 12.0 Å². The van der Waals surface area contributed by atoms with E-state index in [9.17, 15) is 9.59 Å². The molecule has 0 radical (unpaired) electrons. The first-order valence-corrected chi connectivity index (χ1v) is 10.2. The quantitative estimate of drug-likeness (QED) is 0.512. The Balaban J connectivity index is 1.49. The number of aliphatic carboxylic acids is 1. The van der Waals surface area contributed by atoms with Gasteiger partial charge in [0.25, 0.3) is 0 Å². The minimum atomic E-state index is -0.792. The number of carbonyl (C=O) groups is 2. The molecule has 150 valence electrons. The Morgan fingerprint density at radius 3 is 2.69 bits per heavy atom. The third-order valence-electron chi connectivity index (χ3n) is 5.64. The smallest absolute Gasteiger partial charge is 0.317 e. The summed E-state index contributed by atoms with van der Waals surface area (Å²) < 4.78 is 0. The molecule has 7 heteroatoms. The fourth-order valence-electron chi connectivity index (χ4n) is 4.07. The minimum Gasteiger partial charge on any atom is -0.480 e. The summed E-state index contributed by atoms with van der Waals surface area (Å²) in [5, 5.41) is 14.8. The number of carboxylic acid groups (broad SMARTS) is 1. The van der Waals surface area contributed by atoms with Crippen molar-refractivity contribution in [3.63, 3.8) is 0 Å². The van der Waals surface area contributed by atoms with Gasteiger partial charge in [-0.2, -0.15) is 0 Å². The van der Waals surface area contributed by atoms with Crippen LogP contribution in [-0.2, 0) is 4.79 Å². The average Bonchev–Trinajstić information content (AvgIpc) is 2.55. The average molecular weight is 369 g/mol. The number of rotatable bonds is 10. The molecule has 2 amide bonds. The highest BCUT2D eigenvalue weighted by atomic mass is 16.4. The number of carboxylic acids is 1. The molecule has 2 rings (SSSR count). The number of piperidine rings is 1. The predicted octanol–water partition coefficient (Wildman–Crippen LogP) is 1.74. The first kappa shape index (κ1) is 21.0. The van der Waals surface area contributed by atoms with Crippen LogP contribution in [0.4, 0.5) is 4.79 Å². The summed E-state index contributed by atoms with van der Waals surface area (Å²) in [6.45, 7) is 9.39. The zero-order valence-electron chi connectivity index (χ0n) is 16.4. The van der Waals surface area contributed by atoms with Gasteiger partial charge < -0.3 is 20.6 Å². The molecule has 0 aromatic rings. The third kappa shape index (κ3) is 7.11. The molecule has 0 aromatic heterocycles. The molecular formula is C19H36N4O3. The first-order chi connectivity index (χ1) is 12.5. The largest absolute Gasteiger partial charge is 0.480 e. The van der Waals surface area contributed by atoms with E-state index in [1.54, 1.807) is 0 Å². The van der Waals surface area contributed by atoms with Gasteiger partial charge in [0, 0.05) is 25.2 Å². The predicted molar refractivity (Wildman–Crippen MR) is 102 cm³/mol. The number of carbonyl (C=O) groups excluding carboxylic acids is 1. The molecule has 1 heterocycles. The van der Waals surface area contributed by atoms with Crippen LogP contribution in [0.15, 0.2) is 0 Å². The molecule has 1 unspecified atom stereocenters. The number of likely N-dealkylation sites (tertiary alicyclic amines) is 1. The molecule has 0 aromatic carbocycles. The maximum Gasteiger partial charge on any atom is 0.317 e. The van der Waals surface area contributed by atoms with E-state index in [4.69, 9.17) is 5.11 Å². The van der Waals surface area contributed by atoms with Gasteiger partial charge in [0.2, 0.25) is 0 Å². The Labute approximate surface area is 157 Å².